The molecule has 0 heterocycles. The number of nitrogens with one attached hydrogen (secondary N) is 1. The fourth-order valence-corrected chi connectivity index (χ4v) is 1.99. The second kappa shape index (κ2) is 12.2. The molecule has 14 heteroatoms. The minimum Gasteiger partial charge on any atom is -0.788 e. The molecule has 0 fully saturated rings. The maximum atomic E-state index is 10.3. The number of hydroxylamine groups is 1. The fourth-order valence-electron chi connectivity index (χ4n) is 0.191. The molecule has 0 rings (SSSR count). The average molecular weight is 309 g/mol. The largest absolute Gasteiger partial charge is 1.00 e. The normalized spacial score (nSPS) is 15.0. The molecule has 0 amide bonds. The molecule has 0 aliphatic carbocycles. The molecule has 0 aromatic carbocycles. The molecule has 15 heavy (non-hydrogen) atoms. The van der Waals surface area contributed by atoms with Gasteiger partial charge in [-0.3, -0.25) is 4.89 Å². The first-order chi connectivity index (χ1) is 6.25. The average Bonchev–Trinajstić information content (AvgIpc) is 1.80. The summed E-state index contributed by atoms with van der Waals surface area (Å²) in [7, 11) is -10.2. The Morgan fingerprint density at radius 1 is 1.27 bits per heavy atom. The van der Waals surface area contributed by atoms with Gasteiger partial charge in [-0.2, -0.15) is 0 Å². The Morgan fingerprint density at radius 2 is 1.47 bits per heavy atom. The summed E-state index contributed by atoms with van der Waals surface area (Å²) >= 11 is 0. The van der Waals surface area contributed by atoms with Gasteiger partial charge in [0.2, 0.25) is 0 Å². The van der Waals surface area contributed by atoms with Crippen LogP contribution in [0.3, 0.4) is 0 Å². The Kier molecular flexibility index (Phi) is 18.0. The third kappa shape index (κ3) is 21.6. The summed E-state index contributed by atoms with van der Waals surface area (Å²) in [6.07, 6.45) is 0. The zero-order chi connectivity index (χ0) is 11.8. The van der Waals surface area contributed by atoms with E-state index in [4.69, 9.17) is 19.9 Å². The quantitative estimate of drug-likeness (QED) is 0.241. The van der Waals surface area contributed by atoms with Gasteiger partial charge in [-0.25, -0.2) is 4.57 Å². The van der Waals surface area contributed by atoms with Crippen molar-refractivity contribution in [2.24, 2.45) is 0 Å². The smallest absolute Gasteiger partial charge is 0.788 e. The fraction of sp³-hybridized carbons (Fsp3) is 1.00. The standard InChI is InChI=1S/CH4NO.K.HO8P3/c1-2-3;;1-9(2)7-11(5,6)8-10(3)4/h2H,1H3;;(H-2,1,2,3,4,5,6)/q-1;+1;/p+2. The Morgan fingerprint density at radius 3 is 1.60 bits per heavy atom. The van der Waals surface area contributed by atoms with Gasteiger partial charge in [0.25, 0.3) is 0 Å². The molecule has 0 aliphatic rings. The molecule has 0 aromatic heterocycles. The molecule has 2 unspecified atom stereocenters. The second-order valence-corrected chi connectivity index (χ2v) is 4.51. The minimum absolute atomic E-state index is 0. The summed E-state index contributed by atoms with van der Waals surface area (Å²) < 4.78 is 36.4. The van der Waals surface area contributed by atoms with Crippen molar-refractivity contribution >= 4 is 24.3 Å². The summed E-state index contributed by atoms with van der Waals surface area (Å²) in [4.78, 5) is 24.1. The molecule has 0 aromatic rings. The van der Waals surface area contributed by atoms with E-state index in [0.29, 0.717) is 0 Å². The molecular formula is CH7KNO9P3+2. The van der Waals surface area contributed by atoms with Gasteiger partial charge in [0, 0.05) is 17.8 Å². The van der Waals surface area contributed by atoms with E-state index < -0.39 is 24.3 Å². The van der Waals surface area contributed by atoms with E-state index in [1.54, 1.807) is 0 Å². The first-order valence-electron chi connectivity index (χ1n) is 2.58. The van der Waals surface area contributed by atoms with Crippen LogP contribution in [0.4, 0.5) is 0 Å². The Balaban J connectivity index is -0.000000320. The van der Waals surface area contributed by atoms with Crippen molar-refractivity contribution < 1.29 is 88.4 Å². The van der Waals surface area contributed by atoms with Crippen LogP contribution < -0.4 is 56.9 Å². The summed E-state index contributed by atoms with van der Waals surface area (Å²) in [5.41, 5.74) is 1.50. The third-order valence-corrected chi connectivity index (χ3v) is 3.11. The van der Waals surface area contributed by atoms with Crippen molar-refractivity contribution in [2.75, 3.05) is 7.05 Å². The van der Waals surface area contributed by atoms with E-state index in [2.05, 4.69) is 8.62 Å². The minimum atomic E-state index is -4.87. The third-order valence-electron chi connectivity index (χ3n) is 0.346. The monoisotopic (exact) mass is 309 g/mol. The van der Waals surface area contributed by atoms with Gasteiger partial charge < -0.3 is 10.7 Å². The summed E-state index contributed by atoms with van der Waals surface area (Å²) in [5, 5.41) is 8.68. The second-order valence-electron chi connectivity index (χ2n) is 1.31. The van der Waals surface area contributed by atoms with E-state index in [1.807, 2.05) is 0 Å². The van der Waals surface area contributed by atoms with E-state index in [0.717, 1.165) is 0 Å². The van der Waals surface area contributed by atoms with Crippen LogP contribution in [0.1, 0.15) is 0 Å². The van der Waals surface area contributed by atoms with Crippen LogP contribution in [0.15, 0.2) is 0 Å². The predicted octanol–water partition coefficient (Wildman–Crippen LogP) is -2.87. The Labute approximate surface area is 129 Å². The van der Waals surface area contributed by atoms with Gasteiger partial charge in [0.15, 0.2) is 0 Å². The van der Waals surface area contributed by atoms with Crippen molar-refractivity contribution in [2.45, 2.75) is 0 Å². The van der Waals surface area contributed by atoms with Gasteiger partial charge >= 0.3 is 75.7 Å². The van der Waals surface area contributed by atoms with Crippen LogP contribution in [-0.4, -0.2) is 21.7 Å². The van der Waals surface area contributed by atoms with Crippen LogP contribution in [0.5, 0.6) is 0 Å². The van der Waals surface area contributed by atoms with Crippen molar-refractivity contribution in [1.29, 1.82) is 0 Å². The van der Waals surface area contributed by atoms with E-state index in [-0.39, 0.29) is 51.4 Å². The molecule has 84 valence electrons. The van der Waals surface area contributed by atoms with E-state index >= 15 is 0 Å². The van der Waals surface area contributed by atoms with Crippen molar-refractivity contribution in [3.8, 4) is 0 Å². The van der Waals surface area contributed by atoms with Crippen molar-refractivity contribution in [3.05, 3.63) is 5.21 Å². The van der Waals surface area contributed by atoms with Gasteiger partial charge in [-0.1, -0.05) is 0 Å². The van der Waals surface area contributed by atoms with Gasteiger partial charge in [0.05, 0.1) is 0 Å². The van der Waals surface area contributed by atoms with Crippen molar-refractivity contribution in [1.82, 2.24) is 5.48 Å². The number of hydrogen-bond acceptors (Lipinski definition) is 7. The summed E-state index contributed by atoms with van der Waals surface area (Å²) in [6.45, 7) is 0. The zero-order valence-electron chi connectivity index (χ0n) is 7.63. The molecule has 0 saturated carbocycles. The maximum Gasteiger partial charge on any atom is 1.00 e. The first kappa shape index (κ1) is 22.0. The SMILES string of the molecule is CN[O-].O=[P+](O)OP(=O)(O)O[P+](=O)O.[K+]. The molecule has 0 saturated heterocycles. The predicted molar refractivity (Wildman–Crippen MR) is 44.1 cm³/mol. The summed E-state index contributed by atoms with van der Waals surface area (Å²) in [6, 6.07) is 0. The molecule has 10 nitrogen and oxygen atoms in total. The molecule has 0 aliphatic heterocycles. The topological polar surface area (TPSA) is 165 Å². The Hall–Kier alpha value is 1.79. The van der Waals surface area contributed by atoms with E-state index in [9.17, 15) is 13.7 Å². The Bertz CT molecular complexity index is 224. The van der Waals surface area contributed by atoms with Gasteiger partial charge in [-0.05, 0) is 7.05 Å². The van der Waals surface area contributed by atoms with Crippen LogP contribution >= 0.6 is 24.3 Å². The maximum absolute atomic E-state index is 10.3. The van der Waals surface area contributed by atoms with Crippen LogP contribution in [0, 0.1) is 5.21 Å². The molecule has 0 bridgehead atoms. The van der Waals surface area contributed by atoms with Gasteiger partial charge in [0.1, 0.15) is 0 Å². The molecule has 0 radical (unpaired) electrons. The zero-order valence-corrected chi connectivity index (χ0v) is 13.4. The number of hydrogen-bond donors (Lipinski definition) is 4. The molecule has 2 atom stereocenters. The molecule has 4 N–H and O–H groups in total. The van der Waals surface area contributed by atoms with Gasteiger partial charge in [-0.15, -0.1) is 9.79 Å². The van der Waals surface area contributed by atoms with Crippen molar-refractivity contribution in [3.63, 3.8) is 0 Å². The van der Waals surface area contributed by atoms with Crippen LogP contribution in [-0.2, 0) is 22.3 Å². The van der Waals surface area contributed by atoms with E-state index in [1.165, 1.54) is 12.5 Å². The number of rotatable bonds is 4. The number of phosphoric acid groups is 1. The first-order valence-corrected chi connectivity index (χ1v) is 6.34. The molecular weight excluding hydrogens is 302 g/mol. The van der Waals surface area contributed by atoms with Crippen LogP contribution in [0.2, 0.25) is 0 Å². The summed E-state index contributed by atoms with van der Waals surface area (Å²) in [5.74, 6) is 0. The molecule has 0 spiro atoms. The van der Waals surface area contributed by atoms with Crippen LogP contribution in [0.25, 0.3) is 0 Å².